The van der Waals surface area contributed by atoms with Gasteiger partial charge in [0.15, 0.2) is 18.3 Å². The van der Waals surface area contributed by atoms with Crippen LogP contribution >= 0.6 is 0 Å². The van der Waals surface area contributed by atoms with Gasteiger partial charge in [0.2, 0.25) is 0 Å². The predicted molar refractivity (Wildman–Crippen MR) is 89.5 cm³/mol. The van der Waals surface area contributed by atoms with Crippen LogP contribution in [0, 0.1) is 5.92 Å². The zero-order chi connectivity index (χ0) is 19.1. The summed E-state index contributed by atoms with van der Waals surface area (Å²) < 4.78 is 15.0. The third-order valence-corrected chi connectivity index (χ3v) is 3.84. The maximum absolute atomic E-state index is 12.8. The quantitative estimate of drug-likeness (QED) is 0.554. The van der Waals surface area contributed by atoms with Crippen LogP contribution in [0.5, 0.6) is 0 Å². The van der Waals surface area contributed by atoms with E-state index in [1.807, 2.05) is 30.3 Å². The Morgan fingerprint density at radius 2 is 1.77 bits per heavy atom. The van der Waals surface area contributed by atoms with Crippen molar-refractivity contribution in [3.63, 3.8) is 0 Å². The Bertz CT molecular complexity index is 616. The number of hydrogen-bond donors (Lipinski definition) is 1. The number of aliphatic hydroxyl groups excluding tert-OH is 1. The smallest absolute Gasteiger partial charge is 0.323 e. The number of carbonyl (C=O) groups is 3. The van der Waals surface area contributed by atoms with Crippen LogP contribution in [-0.2, 0) is 35.1 Å². The molecule has 0 radical (unpaired) electrons. The van der Waals surface area contributed by atoms with Crippen molar-refractivity contribution in [2.75, 3.05) is 19.8 Å². The second kappa shape index (κ2) is 9.30. The molecule has 0 saturated carbocycles. The highest BCUT2D eigenvalue weighted by Gasteiger charge is 2.48. The van der Waals surface area contributed by atoms with Crippen molar-refractivity contribution >= 4 is 17.8 Å². The molecule has 8 nitrogen and oxygen atoms in total. The van der Waals surface area contributed by atoms with Crippen LogP contribution in [0.4, 0.5) is 0 Å². The molecule has 2 atom stereocenters. The van der Waals surface area contributed by atoms with E-state index in [0.717, 1.165) is 5.56 Å². The number of rotatable bonds is 7. The fraction of sp³-hybridized carbons (Fsp3) is 0.500. The number of benzene rings is 1. The van der Waals surface area contributed by atoms with Crippen molar-refractivity contribution in [2.45, 2.75) is 32.8 Å². The van der Waals surface area contributed by atoms with Gasteiger partial charge in [-0.05, 0) is 19.4 Å². The number of amides is 1. The second-order valence-electron chi connectivity index (χ2n) is 5.70. The first-order valence-corrected chi connectivity index (χ1v) is 8.47. The lowest BCUT2D eigenvalue weighted by molar-refractivity contribution is -0.214. The minimum atomic E-state index is -1.59. The van der Waals surface area contributed by atoms with Gasteiger partial charge in [0, 0.05) is 6.54 Å². The number of β-amino-alcohol motifs (C(OH)–C–C–N with tert-alkyl or cyclic N) is 1. The van der Waals surface area contributed by atoms with Gasteiger partial charge in [0.1, 0.15) is 0 Å². The van der Waals surface area contributed by atoms with E-state index in [9.17, 15) is 19.5 Å². The van der Waals surface area contributed by atoms with E-state index in [0.29, 0.717) is 0 Å². The highest BCUT2D eigenvalue weighted by atomic mass is 16.6. The molecule has 0 aromatic heterocycles. The minimum absolute atomic E-state index is 0.0337. The summed E-state index contributed by atoms with van der Waals surface area (Å²) in [6, 6.07) is 9.17. The van der Waals surface area contributed by atoms with Gasteiger partial charge in [0.25, 0.3) is 5.91 Å². The van der Waals surface area contributed by atoms with E-state index >= 15 is 0 Å². The van der Waals surface area contributed by atoms with E-state index in [-0.39, 0.29) is 26.3 Å². The van der Waals surface area contributed by atoms with Crippen LogP contribution in [-0.4, -0.2) is 60.0 Å². The van der Waals surface area contributed by atoms with Crippen LogP contribution in [0.15, 0.2) is 30.3 Å². The van der Waals surface area contributed by atoms with Crippen molar-refractivity contribution in [2.24, 2.45) is 5.92 Å². The van der Waals surface area contributed by atoms with Crippen LogP contribution in [0.3, 0.4) is 0 Å². The topological polar surface area (TPSA) is 102 Å². The molecule has 0 aliphatic carbocycles. The maximum atomic E-state index is 12.8. The van der Waals surface area contributed by atoms with Crippen molar-refractivity contribution < 1.29 is 33.7 Å². The van der Waals surface area contributed by atoms with E-state index in [4.69, 9.17) is 14.2 Å². The minimum Gasteiger partial charge on any atom is -0.465 e. The lowest BCUT2D eigenvalue weighted by atomic mass is 9.99. The normalized spacial score (nSPS) is 20.2. The van der Waals surface area contributed by atoms with Crippen LogP contribution in [0.2, 0.25) is 0 Å². The fourth-order valence-electron chi connectivity index (χ4n) is 2.70. The molecule has 142 valence electrons. The standard InChI is InChI=1S/C18H23NO7/c1-3-24-17(22)14(18(23)25-4-2)15-16(21)19(11-13(20)26-15)10-12-8-6-5-7-9-12/h5-9,13-15,20H,3-4,10-11H2,1-2H3/t13-,15+/m0/s1. The number of hydrogen-bond acceptors (Lipinski definition) is 7. The van der Waals surface area contributed by atoms with Crippen molar-refractivity contribution in [3.05, 3.63) is 35.9 Å². The van der Waals surface area contributed by atoms with Crippen LogP contribution < -0.4 is 0 Å². The Balaban J connectivity index is 2.24. The monoisotopic (exact) mass is 365 g/mol. The van der Waals surface area contributed by atoms with Gasteiger partial charge in [-0.1, -0.05) is 30.3 Å². The zero-order valence-corrected chi connectivity index (χ0v) is 14.8. The molecule has 2 rings (SSSR count). The summed E-state index contributed by atoms with van der Waals surface area (Å²) in [5.74, 6) is -4.00. The molecule has 1 heterocycles. The van der Waals surface area contributed by atoms with Gasteiger partial charge < -0.3 is 24.2 Å². The van der Waals surface area contributed by atoms with Crippen molar-refractivity contribution in [3.8, 4) is 0 Å². The number of nitrogens with zero attached hydrogens (tertiary/aromatic N) is 1. The van der Waals surface area contributed by atoms with Crippen molar-refractivity contribution in [1.29, 1.82) is 0 Å². The summed E-state index contributed by atoms with van der Waals surface area (Å²) >= 11 is 0. The zero-order valence-electron chi connectivity index (χ0n) is 14.8. The second-order valence-corrected chi connectivity index (χ2v) is 5.70. The molecule has 0 unspecified atom stereocenters. The van der Waals surface area contributed by atoms with E-state index in [1.165, 1.54) is 4.90 Å². The fourth-order valence-corrected chi connectivity index (χ4v) is 2.70. The van der Waals surface area contributed by atoms with Gasteiger partial charge in [-0.3, -0.25) is 14.4 Å². The lowest BCUT2D eigenvalue weighted by Crippen LogP contribution is -2.57. The molecular weight excluding hydrogens is 342 g/mol. The van der Waals surface area contributed by atoms with Gasteiger partial charge in [-0.25, -0.2) is 0 Å². The molecule has 1 amide bonds. The average molecular weight is 365 g/mol. The van der Waals surface area contributed by atoms with Crippen LogP contribution in [0.1, 0.15) is 19.4 Å². The molecule has 1 N–H and O–H groups in total. The molecule has 0 spiro atoms. The molecule has 1 fully saturated rings. The highest BCUT2D eigenvalue weighted by Crippen LogP contribution is 2.23. The van der Waals surface area contributed by atoms with Gasteiger partial charge in [0.05, 0.1) is 19.8 Å². The first-order chi connectivity index (χ1) is 12.5. The first-order valence-electron chi connectivity index (χ1n) is 8.47. The van der Waals surface area contributed by atoms with E-state index < -0.39 is 36.2 Å². The third kappa shape index (κ3) is 4.80. The number of ether oxygens (including phenoxy) is 3. The number of esters is 2. The molecule has 26 heavy (non-hydrogen) atoms. The summed E-state index contributed by atoms with van der Waals surface area (Å²) in [4.78, 5) is 38.6. The SMILES string of the molecule is CCOC(=O)C(C(=O)OCC)[C@H]1O[C@H](O)CN(Cc2ccccc2)C1=O. The van der Waals surface area contributed by atoms with Crippen LogP contribution in [0.25, 0.3) is 0 Å². The summed E-state index contributed by atoms with van der Waals surface area (Å²) in [7, 11) is 0. The largest absolute Gasteiger partial charge is 0.465 e. The van der Waals surface area contributed by atoms with E-state index in [1.54, 1.807) is 13.8 Å². The Kier molecular flexibility index (Phi) is 7.11. The molecule has 1 aromatic rings. The van der Waals surface area contributed by atoms with Gasteiger partial charge >= 0.3 is 11.9 Å². The summed E-state index contributed by atoms with van der Waals surface area (Å²) in [6.45, 7) is 3.38. The number of aliphatic hydroxyl groups is 1. The third-order valence-electron chi connectivity index (χ3n) is 3.84. The molecule has 1 saturated heterocycles. The average Bonchev–Trinajstić information content (AvgIpc) is 2.60. The first kappa shape index (κ1) is 19.9. The molecular formula is C18H23NO7. The Morgan fingerprint density at radius 1 is 1.19 bits per heavy atom. The molecule has 1 aliphatic heterocycles. The Hall–Kier alpha value is -2.45. The van der Waals surface area contributed by atoms with Gasteiger partial charge in [-0.2, -0.15) is 0 Å². The number of morpholine rings is 1. The van der Waals surface area contributed by atoms with Gasteiger partial charge in [-0.15, -0.1) is 0 Å². The maximum Gasteiger partial charge on any atom is 0.323 e. The summed E-state index contributed by atoms with van der Waals surface area (Å²) in [6.07, 6.45) is -2.83. The molecule has 0 bridgehead atoms. The Morgan fingerprint density at radius 3 is 2.31 bits per heavy atom. The molecule has 1 aliphatic rings. The summed E-state index contributed by atoms with van der Waals surface area (Å²) in [5, 5.41) is 10.00. The lowest BCUT2D eigenvalue weighted by Gasteiger charge is -2.37. The highest BCUT2D eigenvalue weighted by molar-refractivity contribution is 6.01. The summed E-state index contributed by atoms with van der Waals surface area (Å²) in [5.41, 5.74) is 0.845. The van der Waals surface area contributed by atoms with E-state index in [2.05, 4.69) is 0 Å². The molecule has 8 heteroatoms. The predicted octanol–water partition coefficient (Wildman–Crippen LogP) is 0.475. The van der Waals surface area contributed by atoms with Crippen molar-refractivity contribution in [1.82, 2.24) is 4.90 Å². The molecule has 1 aromatic carbocycles. The Labute approximate surface area is 151 Å². The number of carbonyl (C=O) groups excluding carboxylic acids is 3.